The molecule has 2 rings (SSSR count). The van der Waals surface area contributed by atoms with E-state index in [2.05, 4.69) is 15.9 Å². The van der Waals surface area contributed by atoms with Crippen molar-refractivity contribution in [2.45, 2.75) is 10.6 Å². The van der Waals surface area contributed by atoms with E-state index in [0.717, 1.165) is 0 Å². The summed E-state index contributed by atoms with van der Waals surface area (Å²) in [6, 6.07) is 10.2. The van der Waals surface area contributed by atoms with Gasteiger partial charge in [-0.05, 0) is 51.8 Å². The predicted molar refractivity (Wildman–Crippen MR) is 75.8 cm³/mol. The highest BCUT2D eigenvalue weighted by Gasteiger charge is 2.16. The quantitative estimate of drug-likeness (QED) is 0.871. The molecular weight excluding hydrogens is 333 g/mol. The number of nitrogen functional groups attached to an aromatic ring is 1. The average molecular weight is 344 g/mol. The number of hydrogen-bond acceptors (Lipinski definition) is 3. The van der Waals surface area contributed by atoms with Crippen LogP contribution in [0.3, 0.4) is 0 Å². The molecule has 0 aliphatic carbocycles. The highest BCUT2D eigenvalue weighted by Crippen LogP contribution is 2.22. The molecule has 0 aliphatic rings. The van der Waals surface area contributed by atoms with Crippen molar-refractivity contribution in [1.82, 2.24) is 0 Å². The van der Waals surface area contributed by atoms with Crippen LogP contribution in [0.2, 0.25) is 0 Å². The standard InChI is InChI=1S/C13H11BrFNO2S/c14-12-6-9(4-5-13(12)15)8-19(17,18)11-3-1-2-10(16)7-11/h1-7H,8,16H2. The summed E-state index contributed by atoms with van der Waals surface area (Å²) in [5, 5.41) is 0. The van der Waals surface area contributed by atoms with Crippen molar-refractivity contribution >= 4 is 31.5 Å². The van der Waals surface area contributed by atoms with Crippen LogP contribution in [0.15, 0.2) is 51.8 Å². The molecule has 0 fully saturated rings. The zero-order chi connectivity index (χ0) is 14.0. The second-order valence-corrected chi connectivity index (χ2v) is 6.92. The number of rotatable bonds is 3. The van der Waals surface area contributed by atoms with E-state index in [1.165, 1.54) is 30.3 Å². The fourth-order valence-corrected chi connectivity index (χ4v) is 3.45. The van der Waals surface area contributed by atoms with Crippen molar-refractivity contribution in [2.75, 3.05) is 5.73 Å². The largest absolute Gasteiger partial charge is 0.399 e. The first-order chi connectivity index (χ1) is 8.88. The molecule has 0 radical (unpaired) electrons. The molecule has 0 unspecified atom stereocenters. The van der Waals surface area contributed by atoms with E-state index in [0.29, 0.717) is 11.3 Å². The zero-order valence-electron chi connectivity index (χ0n) is 9.81. The number of benzene rings is 2. The molecule has 2 aromatic rings. The summed E-state index contributed by atoms with van der Waals surface area (Å²) >= 11 is 3.03. The number of anilines is 1. The van der Waals surface area contributed by atoms with Crippen molar-refractivity contribution in [1.29, 1.82) is 0 Å². The maximum absolute atomic E-state index is 13.1. The molecule has 3 nitrogen and oxygen atoms in total. The van der Waals surface area contributed by atoms with Crippen LogP contribution in [0.4, 0.5) is 10.1 Å². The van der Waals surface area contributed by atoms with Gasteiger partial charge in [0.1, 0.15) is 5.82 Å². The Bertz CT molecular complexity index is 716. The van der Waals surface area contributed by atoms with Crippen LogP contribution in [0.1, 0.15) is 5.56 Å². The van der Waals surface area contributed by atoms with Gasteiger partial charge in [0.05, 0.1) is 15.1 Å². The van der Waals surface area contributed by atoms with E-state index >= 15 is 0 Å². The summed E-state index contributed by atoms with van der Waals surface area (Å²) in [5.41, 5.74) is 6.47. The molecular formula is C13H11BrFNO2S. The first kappa shape index (κ1) is 14.0. The molecule has 0 amide bonds. The van der Waals surface area contributed by atoms with Gasteiger partial charge >= 0.3 is 0 Å². The van der Waals surface area contributed by atoms with E-state index in [1.54, 1.807) is 12.1 Å². The zero-order valence-corrected chi connectivity index (χ0v) is 12.2. The smallest absolute Gasteiger partial charge is 0.182 e. The molecule has 0 atom stereocenters. The number of hydrogen-bond donors (Lipinski definition) is 1. The van der Waals surface area contributed by atoms with Crippen molar-refractivity contribution < 1.29 is 12.8 Å². The van der Waals surface area contributed by atoms with Gasteiger partial charge in [0.2, 0.25) is 0 Å². The fraction of sp³-hybridized carbons (Fsp3) is 0.0769. The molecule has 0 spiro atoms. The maximum Gasteiger partial charge on any atom is 0.182 e. The predicted octanol–water partition coefficient (Wildman–Crippen LogP) is 3.14. The van der Waals surface area contributed by atoms with Gasteiger partial charge in [-0.25, -0.2) is 12.8 Å². The molecule has 0 bridgehead atoms. The van der Waals surface area contributed by atoms with Gasteiger partial charge in [0, 0.05) is 5.69 Å². The van der Waals surface area contributed by atoms with E-state index in [9.17, 15) is 12.8 Å². The van der Waals surface area contributed by atoms with E-state index < -0.39 is 15.7 Å². The van der Waals surface area contributed by atoms with Crippen LogP contribution < -0.4 is 5.73 Å². The summed E-state index contributed by atoms with van der Waals surface area (Å²) in [5.74, 6) is -0.625. The minimum absolute atomic E-state index is 0.160. The monoisotopic (exact) mass is 343 g/mol. The minimum Gasteiger partial charge on any atom is -0.399 e. The van der Waals surface area contributed by atoms with Gasteiger partial charge in [0.15, 0.2) is 9.84 Å². The van der Waals surface area contributed by atoms with Gasteiger partial charge in [-0.3, -0.25) is 0 Å². The third-order valence-corrected chi connectivity index (χ3v) is 4.85. The normalized spacial score (nSPS) is 11.5. The molecule has 100 valence electrons. The average Bonchev–Trinajstić information content (AvgIpc) is 2.33. The van der Waals surface area contributed by atoms with Crippen LogP contribution in [0.5, 0.6) is 0 Å². The molecule has 2 aromatic carbocycles. The molecule has 6 heteroatoms. The molecule has 2 N–H and O–H groups in total. The highest BCUT2D eigenvalue weighted by atomic mass is 79.9. The summed E-state index contributed by atoms with van der Waals surface area (Å²) in [6.07, 6.45) is 0. The van der Waals surface area contributed by atoms with Gasteiger partial charge in [-0.1, -0.05) is 12.1 Å². The fourth-order valence-electron chi connectivity index (χ4n) is 1.64. The van der Waals surface area contributed by atoms with E-state index in [4.69, 9.17) is 5.73 Å². The summed E-state index contributed by atoms with van der Waals surface area (Å²) in [4.78, 5) is 0.160. The van der Waals surface area contributed by atoms with Crippen LogP contribution in [0, 0.1) is 5.82 Å². The lowest BCUT2D eigenvalue weighted by Gasteiger charge is -2.06. The lowest BCUT2D eigenvalue weighted by molar-refractivity contribution is 0.594. The molecule has 0 saturated carbocycles. The summed E-state index contributed by atoms with van der Waals surface area (Å²) in [7, 11) is -3.49. The Kier molecular flexibility index (Phi) is 3.91. The maximum atomic E-state index is 13.1. The first-order valence-corrected chi connectivity index (χ1v) is 7.85. The van der Waals surface area contributed by atoms with E-state index in [-0.39, 0.29) is 15.1 Å². The van der Waals surface area contributed by atoms with Crippen molar-refractivity contribution in [3.05, 3.63) is 58.3 Å². The molecule has 0 aromatic heterocycles. The Morgan fingerprint density at radius 3 is 2.53 bits per heavy atom. The molecule has 0 saturated heterocycles. The number of sulfone groups is 1. The number of halogens is 2. The Morgan fingerprint density at radius 2 is 1.89 bits per heavy atom. The Balaban J connectivity index is 2.33. The Labute approximate surface area is 119 Å². The van der Waals surface area contributed by atoms with Crippen molar-refractivity contribution in [3.8, 4) is 0 Å². The second kappa shape index (κ2) is 5.30. The minimum atomic E-state index is -3.49. The third kappa shape index (κ3) is 3.33. The van der Waals surface area contributed by atoms with Crippen molar-refractivity contribution in [3.63, 3.8) is 0 Å². The Morgan fingerprint density at radius 1 is 1.16 bits per heavy atom. The lowest BCUT2D eigenvalue weighted by atomic mass is 10.2. The molecule has 0 heterocycles. The molecule has 19 heavy (non-hydrogen) atoms. The van der Waals surface area contributed by atoms with Gasteiger partial charge in [-0.2, -0.15) is 0 Å². The van der Waals surface area contributed by atoms with Crippen LogP contribution in [0.25, 0.3) is 0 Å². The first-order valence-electron chi connectivity index (χ1n) is 5.41. The summed E-state index contributed by atoms with van der Waals surface area (Å²) < 4.78 is 37.7. The van der Waals surface area contributed by atoms with Crippen LogP contribution in [-0.4, -0.2) is 8.42 Å². The van der Waals surface area contributed by atoms with E-state index in [1.807, 2.05) is 0 Å². The second-order valence-electron chi connectivity index (χ2n) is 4.08. The molecule has 0 aliphatic heterocycles. The Hall–Kier alpha value is -1.40. The van der Waals surface area contributed by atoms with Gasteiger partial charge in [-0.15, -0.1) is 0 Å². The SMILES string of the molecule is Nc1cccc(S(=O)(=O)Cc2ccc(F)c(Br)c2)c1. The topological polar surface area (TPSA) is 60.2 Å². The van der Waals surface area contributed by atoms with Gasteiger partial charge in [0.25, 0.3) is 0 Å². The lowest BCUT2D eigenvalue weighted by Crippen LogP contribution is -2.05. The van der Waals surface area contributed by atoms with Crippen molar-refractivity contribution in [2.24, 2.45) is 0 Å². The van der Waals surface area contributed by atoms with Crippen LogP contribution in [-0.2, 0) is 15.6 Å². The van der Waals surface area contributed by atoms with Gasteiger partial charge < -0.3 is 5.73 Å². The number of nitrogens with two attached hydrogens (primary N) is 1. The summed E-state index contributed by atoms with van der Waals surface area (Å²) in [6.45, 7) is 0. The third-order valence-electron chi connectivity index (χ3n) is 2.56. The highest BCUT2D eigenvalue weighted by molar-refractivity contribution is 9.10. The van der Waals surface area contributed by atoms with Crippen LogP contribution >= 0.6 is 15.9 Å².